The second-order valence-corrected chi connectivity index (χ2v) is 7.18. The van der Waals surface area contributed by atoms with Crippen LogP contribution in [-0.4, -0.2) is 49.4 Å². The van der Waals surface area contributed by atoms with Gasteiger partial charge in [-0.3, -0.25) is 20.2 Å². The van der Waals surface area contributed by atoms with Crippen molar-refractivity contribution in [2.45, 2.75) is 25.5 Å². The summed E-state index contributed by atoms with van der Waals surface area (Å²) < 4.78 is 21.4. The summed E-state index contributed by atoms with van der Waals surface area (Å²) in [5.41, 5.74) is -1.05. The minimum Gasteiger partial charge on any atom is -0.493 e. The Morgan fingerprint density at radius 1 is 1.15 bits per heavy atom. The average Bonchev–Trinajstić information content (AvgIpc) is 3.34. The molecule has 1 aliphatic heterocycles. The Hall–Kier alpha value is -3.93. The molecule has 176 valence electrons. The number of carbonyl (C=O) groups excluding carboxylic acids is 1. The molecule has 0 amide bonds. The van der Waals surface area contributed by atoms with Crippen molar-refractivity contribution in [3.8, 4) is 11.5 Å². The van der Waals surface area contributed by atoms with Gasteiger partial charge in [0.2, 0.25) is 0 Å². The van der Waals surface area contributed by atoms with Gasteiger partial charge in [0.05, 0.1) is 41.8 Å². The Labute approximate surface area is 188 Å². The van der Waals surface area contributed by atoms with E-state index in [2.05, 4.69) is 10.1 Å². The Balaban J connectivity index is 1.83. The zero-order valence-electron chi connectivity index (χ0n) is 18.1. The molecule has 0 radical (unpaired) electrons. The molecule has 1 unspecified atom stereocenters. The number of benzene rings is 2. The first-order chi connectivity index (χ1) is 15.8. The van der Waals surface area contributed by atoms with Crippen LogP contribution < -0.4 is 14.8 Å². The number of anilines is 1. The fourth-order valence-corrected chi connectivity index (χ4v) is 3.41. The van der Waals surface area contributed by atoms with E-state index in [0.717, 1.165) is 38.7 Å². The molecule has 0 saturated carbocycles. The molecule has 1 fully saturated rings. The number of carbonyl (C=O) groups is 1. The standard InChI is InChI=1S/C21H23N3O9/c1-30-19-8-13(5-6-18(19)33-12-15-4-3-7-32-15)11-22-20-16(21(25)31-2)9-14(23(26)27)10-17(20)24(28)29/h5-6,8-10,15,22H,3-4,7,11-12H2,1-2H3. The molecule has 1 saturated heterocycles. The van der Waals surface area contributed by atoms with Crippen LogP contribution in [0.2, 0.25) is 0 Å². The molecule has 12 nitrogen and oxygen atoms in total. The maximum atomic E-state index is 12.2. The molecular weight excluding hydrogens is 438 g/mol. The zero-order valence-corrected chi connectivity index (χ0v) is 18.1. The van der Waals surface area contributed by atoms with Gasteiger partial charge < -0.3 is 24.3 Å². The molecular formula is C21H23N3O9. The van der Waals surface area contributed by atoms with Gasteiger partial charge in [0.25, 0.3) is 11.4 Å². The van der Waals surface area contributed by atoms with E-state index in [4.69, 9.17) is 14.2 Å². The molecule has 33 heavy (non-hydrogen) atoms. The number of methoxy groups -OCH3 is 2. The first-order valence-electron chi connectivity index (χ1n) is 10.0. The lowest BCUT2D eigenvalue weighted by Gasteiger charge is -2.16. The van der Waals surface area contributed by atoms with Crippen LogP contribution in [0.25, 0.3) is 0 Å². The number of rotatable bonds is 10. The second kappa shape index (κ2) is 10.6. The van der Waals surface area contributed by atoms with Crippen molar-refractivity contribution in [1.29, 1.82) is 0 Å². The van der Waals surface area contributed by atoms with Crippen LogP contribution in [0.3, 0.4) is 0 Å². The van der Waals surface area contributed by atoms with Gasteiger partial charge in [-0.2, -0.15) is 0 Å². The van der Waals surface area contributed by atoms with E-state index in [1.165, 1.54) is 7.11 Å². The molecule has 2 aromatic carbocycles. The summed E-state index contributed by atoms with van der Waals surface area (Å²) >= 11 is 0. The zero-order chi connectivity index (χ0) is 24.0. The van der Waals surface area contributed by atoms with E-state index in [0.29, 0.717) is 23.7 Å². The molecule has 1 heterocycles. The van der Waals surface area contributed by atoms with Gasteiger partial charge in [0, 0.05) is 19.2 Å². The van der Waals surface area contributed by atoms with E-state index in [-0.39, 0.29) is 23.9 Å². The lowest BCUT2D eigenvalue weighted by Crippen LogP contribution is -2.16. The van der Waals surface area contributed by atoms with Crippen LogP contribution in [0, 0.1) is 20.2 Å². The fourth-order valence-electron chi connectivity index (χ4n) is 3.41. The first kappa shape index (κ1) is 23.7. The molecule has 0 bridgehead atoms. The van der Waals surface area contributed by atoms with Gasteiger partial charge in [-0.15, -0.1) is 0 Å². The predicted octanol–water partition coefficient (Wildman–Crippen LogP) is 3.47. The normalized spacial score (nSPS) is 15.0. The molecule has 0 aliphatic carbocycles. The number of hydrogen-bond acceptors (Lipinski definition) is 10. The lowest BCUT2D eigenvalue weighted by atomic mass is 10.1. The monoisotopic (exact) mass is 461 g/mol. The molecule has 2 aromatic rings. The van der Waals surface area contributed by atoms with Crippen LogP contribution in [0.4, 0.5) is 17.1 Å². The van der Waals surface area contributed by atoms with Gasteiger partial charge in [-0.1, -0.05) is 6.07 Å². The molecule has 1 N–H and O–H groups in total. The summed E-state index contributed by atoms with van der Waals surface area (Å²) in [6, 6.07) is 6.85. The number of esters is 1. The molecule has 0 aromatic heterocycles. The van der Waals surface area contributed by atoms with Crippen molar-refractivity contribution in [2.75, 3.05) is 32.8 Å². The highest BCUT2D eigenvalue weighted by molar-refractivity contribution is 5.99. The van der Waals surface area contributed by atoms with E-state index >= 15 is 0 Å². The Morgan fingerprint density at radius 2 is 1.94 bits per heavy atom. The molecule has 12 heteroatoms. The second-order valence-electron chi connectivity index (χ2n) is 7.18. The summed E-state index contributed by atoms with van der Waals surface area (Å²) in [4.78, 5) is 33.2. The summed E-state index contributed by atoms with van der Waals surface area (Å²) in [6.07, 6.45) is 1.97. The third-order valence-electron chi connectivity index (χ3n) is 5.06. The maximum Gasteiger partial charge on any atom is 0.340 e. The van der Waals surface area contributed by atoms with Gasteiger partial charge >= 0.3 is 5.97 Å². The van der Waals surface area contributed by atoms with E-state index in [9.17, 15) is 25.0 Å². The predicted molar refractivity (Wildman–Crippen MR) is 116 cm³/mol. The van der Waals surface area contributed by atoms with Crippen LogP contribution >= 0.6 is 0 Å². The van der Waals surface area contributed by atoms with E-state index in [1.54, 1.807) is 18.2 Å². The minimum absolute atomic E-state index is 0.0375. The highest BCUT2D eigenvalue weighted by Crippen LogP contribution is 2.35. The highest BCUT2D eigenvalue weighted by atomic mass is 16.6. The van der Waals surface area contributed by atoms with Crippen molar-refractivity contribution < 1.29 is 33.6 Å². The minimum atomic E-state index is -0.945. The summed E-state index contributed by atoms with van der Waals surface area (Å²) in [6.45, 7) is 1.18. The van der Waals surface area contributed by atoms with E-state index in [1.807, 2.05) is 0 Å². The first-order valence-corrected chi connectivity index (χ1v) is 10.0. The number of nitrogens with one attached hydrogen (secondary N) is 1. The number of hydrogen-bond donors (Lipinski definition) is 1. The summed E-state index contributed by atoms with van der Waals surface area (Å²) in [5, 5.41) is 25.5. The molecule has 1 atom stereocenters. The highest BCUT2D eigenvalue weighted by Gasteiger charge is 2.28. The Morgan fingerprint density at radius 3 is 2.55 bits per heavy atom. The largest absolute Gasteiger partial charge is 0.493 e. The summed E-state index contributed by atoms with van der Waals surface area (Å²) in [5.74, 6) is 0.0340. The average molecular weight is 461 g/mol. The summed E-state index contributed by atoms with van der Waals surface area (Å²) in [7, 11) is 2.57. The third-order valence-corrected chi connectivity index (χ3v) is 5.06. The fraction of sp³-hybridized carbons (Fsp3) is 0.381. The maximum absolute atomic E-state index is 12.2. The molecule has 1 aliphatic rings. The van der Waals surface area contributed by atoms with Gasteiger partial charge in [0.1, 0.15) is 12.3 Å². The van der Waals surface area contributed by atoms with Crippen molar-refractivity contribution in [3.05, 3.63) is 61.7 Å². The molecule has 0 spiro atoms. The van der Waals surface area contributed by atoms with E-state index < -0.39 is 27.2 Å². The van der Waals surface area contributed by atoms with Gasteiger partial charge in [-0.25, -0.2) is 4.79 Å². The van der Waals surface area contributed by atoms with Crippen molar-refractivity contribution >= 4 is 23.0 Å². The third kappa shape index (κ3) is 5.66. The van der Waals surface area contributed by atoms with Crippen molar-refractivity contribution in [3.63, 3.8) is 0 Å². The smallest absolute Gasteiger partial charge is 0.340 e. The number of non-ortho nitro benzene ring substituents is 1. The number of nitrogens with zero attached hydrogens (tertiary/aromatic N) is 2. The van der Waals surface area contributed by atoms with Crippen molar-refractivity contribution in [1.82, 2.24) is 0 Å². The topological polar surface area (TPSA) is 152 Å². The SMILES string of the molecule is COC(=O)c1cc([N+](=O)[O-])cc([N+](=O)[O-])c1NCc1ccc(OCC2CCCO2)c(OC)c1. The quantitative estimate of drug-likeness (QED) is 0.316. The van der Waals surface area contributed by atoms with Crippen molar-refractivity contribution in [2.24, 2.45) is 0 Å². The lowest BCUT2D eigenvalue weighted by molar-refractivity contribution is -0.393. The van der Waals surface area contributed by atoms with Crippen LogP contribution in [0.1, 0.15) is 28.8 Å². The van der Waals surface area contributed by atoms with Crippen LogP contribution in [0.5, 0.6) is 11.5 Å². The van der Waals surface area contributed by atoms with Crippen LogP contribution in [0.15, 0.2) is 30.3 Å². The Kier molecular flexibility index (Phi) is 7.61. The van der Waals surface area contributed by atoms with Gasteiger partial charge in [-0.05, 0) is 30.5 Å². The van der Waals surface area contributed by atoms with Gasteiger partial charge in [0.15, 0.2) is 11.5 Å². The number of ether oxygens (including phenoxy) is 4. The molecule has 3 rings (SSSR count). The number of nitro groups is 2. The Bertz CT molecular complexity index is 1050. The number of nitro benzene ring substituents is 2. The van der Waals surface area contributed by atoms with Crippen LogP contribution in [-0.2, 0) is 16.0 Å².